The van der Waals surface area contributed by atoms with E-state index in [2.05, 4.69) is 4.74 Å². The van der Waals surface area contributed by atoms with Crippen molar-refractivity contribution in [3.8, 4) is 11.1 Å². The van der Waals surface area contributed by atoms with Crippen molar-refractivity contribution >= 4 is 11.8 Å². The standard InChI is InChI=1S/C16H11F3O3/c1-22-15(21)13-8-4-11(5-9-13)10-2-6-12(7-3-10)14(20)16(17,18)19/h2-9H,1H3. The van der Waals surface area contributed by atoms with Gasteiger partial charge in [0.25, 0.3) is 5.78 Å². The molecule has 2 aromatic rings. The van der Waals surface area contributed by atoms with Crippen molar-refractivity contribution in [2.75, 3.05) is 7.11 Å². The first-order valence-electron chi connectivity index (χ1n) is 6.23. The molecule has 114 valence electrons. The van der Waals surface area contributed by atoms with Crippen LogP contribution in [-0.4, -0.2) is 25.0 Å². The molecule has 0 saturated carbocycles. The fourth-order valence-corrected chi connectivity index (χ4v) is 1.89. The number of ether oxygens (including phenoxy) is 1. The molecule has 0 radical (unpaired) electrons. The van der Waals surface area contributed by atoms with E-state index in [-0.39, 0.29) is 0 Å². The minimum absolute atomic E-state index is 0.370. The van der Waals surface area contributed by atoms with Gasteiger partial charge in [-0.1, -0.05) is 36.4 Å². The lowest BCUT2D eigenvalue weighted by Gasteiger charge is -2.07. The Morgan fingerprint density at radius 1 is 0.818 bits per heavy atom. The molecule has 0 N–H and O–H groups in total. The zero-order valence-corrected chi connectivity index (χ0v) is 11.5. The largest absolute Gasteiger partial charge is 0.465 e. The molecule has 0 unspecified atom stereocenters. The van der Waals surface area contributed by atoms with E-state index in [0.29, 0.717) is 16.7 Å². The van der Waals surface area contributed by atoms with Crippen LogP contribution >= 0.6 is 0 Å². The van der Waals surface area contributed by atoms with Crippen LogP contribution in [-0.2, 0) is 4.74 Å². The molecule has 0 atom stereocenters. The van der Waals surface area contributed by atoms with E-state index in [1.165, 1.54) is 19.2 Å². The van der Waals surface area contributed by atoms with Crippen LogP contribution in [0.25, 0.3) is 11.1 Å². The molecule has 0 aliphatic rings. The van der Waals surface area contributed by atoms with Crippen molar-refractivity contribution in [2.24, 2.45) is 0 Å². The molecule has 0 amide bonds. The predicted octanol–water partition coefficient (Wildman–Crippen LogP) is 3.89. The van der Waals surface area contributed by atoms with Crippen molar-refractivity contribution < 1.29 is 27.5 Å². The Labute approximate surface area is 124 Å². The molecular formula is C16H11F3O3. The molecular weight excluding hydrogens is 297 g/mol. The maximum Gasteiger partial charge on any atom is 0.454 e. The number of ketones is 1. The highest BCUT2D eigenvalue weighted by atomic mass is 19.4. The number of esters is 1. The summed E-state index contributed by atoms with van der Waals surface area (Å²) in [4.78, 5) is 22.4. The number of hydrogen-bond donors (Lipinski definition) is 0. The smallest absolute Gasteiger partial charge is 0.454 e. The van der Waals surface area contributed by atoms with Gasteiger partial charge in [0.05, 0.1) is 12.7 Å². The van der Waals surface area contributed by atoms with Crippen LogP contribution in [0.2, 0.25) is 0 Å². The number of benzene rings is 2. The van der Waals surface area contributed by atoms with Gasteiger partial charge >= 0.3 is 12.1 Å². The lowest BCUT2D eigenvalue weighted by atomic mass is 10.0. The maximum atomic E-state index is 12.3. The Kier molecular flexibility index (Phi) is 4.30. The Hall–Kier alpha value is -2.63. The number of rotatable bonds is 3. The van der Waals surface area contributed by atoms with Crippen LogP contribution in [0.5, 0.6) is 0 Å². The van der Waals surface area contributed by atoms with Gasteiger partial charge < -0.3 is 4.74 Å². The van der Waals surface area contributed by atoms with Gasteiger partial charge in [0.1, 0.15) is 0 Å². The third-order valence-corrected chi connectivity index (χ3v) is 3.04. The van der Waals surface area contributed by atoms with E-state index in [1.54, 1.807) is 24.3 Å². The molecule has 2 rings (SSSR count). The Balaban J connectivity index is 2.24. The van der Waals surface area contributed by atoms with Gasteiger partial charge in [0, 0.05) is 5.56 Å². The van der Waals surface area contributed by atoms with Crippen molar-refractivity contribution in [3.05, 3.63) is 59.7 Å². The predicted molar refractivity (Wildman–Crippen MR) is 73.6 cm³/mol. The molecule has 0 aliphatic carbocycles. The zero-order chi connectivity index (χ0) is 16.3. The van der Waals surface area contributed by atoms with Crippen LogP contribution in [0, 0.1) is 0 Å². The van der Waals surface area contributed by atoms with Crippen LogP contribution in [0.4, 0.5) is 13.2 Å². The lowest BCUT2D eigenvalue weighted by Crippen LogP contribution is -2.22. The number of methoxy groups -OCH3 is 1. The summed E-state index contributed by atoms with van der Waals surface area (Å²) in [5.74, 6) is -2.35. The topological polar surface area (TPSA) is 43.4 Å². The number of carbonyl (C=O) groups excluding carboxylic acids is 2. The highest BCUT2D eigenvalue weighted by Gasteiger charge is 2.39. The molecule has 0 fully saturated rings. The molecule has 22 heavy (non-hydrogen) atoms. The lowest BCUT2D eigenvalue weighted by molar-refractivity contribution is -0.0885. The first-order valence-corrected chi connectivity index (χ1v) is 6.23. The molecule has 3 nitrogen and oxygen atoms in total. The van der Waals surface area contributed by atoms with Gasteiger partial charge in [-0.15, -0.1) is 0 Å². The van der Waals surface area contributed by atoms with Crippen LogP contribution < -0.4 is 0 Å². The quantitative estimate of drug-likeness (QED) is 0.638. The molecule has 0 bridgehead atoms. The van der Waals surface area contributed by atoms with Crippen LogP contribution in [0.1, 0.15) is 20.7 Å². The first kappa shape index (κ1) is 15.8. The maximum absolute atomic E-state index is 12.3. The molecule has 0 aromatic heterocycles. The minimum atomic E-state index is -4.89. The molecule has 0 aliphatic heterocycles. The second-order valence-corrected chi connectivity index (χ2v) is 4.47. The fourth-order valence-electron chi connectivity index (χ4n) is 1.89. The molecule has 0 spiro atoms. The summed E-state index contributed by atoms with van der Waals surface area (Å²) in [6.07, 6.45) is -4.89. The third-order valence-electron chi connectivity index (χ3n) is 3.04. The van der Waals surface area contributed by atoms with Crippen molar-refractivity contribution in [1.29, 1.82) is 0 Å². The van der Waals surface area contributed by atoms with Crippen LogP contribution in [0.3, 0.4) is 0 Å². The Morgan fingerprint density at radius 2 is 1.23 bits per heavy atom. The first-order chi connectivity index (χ1) is 10.3. The number of halogens is 3. The zero-order valence-electron chi connectivity index (χ0n) is 11.5. The van der Waals surface area contributed by atoms with Gasteiger partial charge in [-0.05, 0) is 23.3 Å². The molecule has 6 heteroatoms. The number of carbonyl (C=O) groups is 2. The SMILES string of the molecule is COC(=O)c1ccc(-c2ccc(C(=O)C(F)(F)F)cc2)cc1. The average Bonchev–Trinajstić information content (AvgIpc) is 2.53. The van der Waals surface area contributed by atoms with Crippen molar-refractivity contribution in [1.82, 2.24) is 0 Å². The summed E-state index contributed by atoms with van der Waals surface area (Å²) < 4.78 is 41.5. The van der Waals surface area contributed by atoms with Gasteiger partial charge in [-0.25, -0.2) is 4.79 Å². The number of alkyl halides is 3. The second-order valence-electron chi connectivity index (χ2n) is 4.47. The highest BCUT2D eigenvalue weighted by Crippen LogP contribution is 2.25. The van der Waals surface area contributed by atoms with E-state index in [9.17, 15) is 22.8 Å². The highest BCUT2D eigenvalue weighted by molar-refractivity contribution is 6.00. The summed E-state index contributed by atoms with van der Waals surface area (Å²) in [7, 11) is 1.27. The number of hydrogen-bond acceptors (Lipinski definition) is 3. The fraction of sp³-hybridized carbons (Fsp3) is 0.125. The number of Topliss-reactive ketones (excluding diaryl/α,β-unsaturated/α-hetero) is 1. The van der Waals surface area contributed by atoms with E-state index in [0.717, 1.165) is 12.1 Å². The summed E-state index contributed by atoms with van der Waals surface area (Å²) in [6.45, 7) is 0. The summed E-state index contributed by atoms with van der Waals surface area (Å²) in [6, 6.07) is 11.5. The summed E-state index contributed by atoms with van der Waals surface area (Å²) in [5.41, 5.74) is 1.30. The third kappa shape index (κ3) is 3.33. The van der Waals surface area contributed by atoms with E-state index >= 15 is 0 Å². The van der Waals surface area contributed by atoms with E-state index in [1.807, 2.05) is 0 Å². The van der Waals surface area contributed by atoms with Gasteiger partial charge in [0.15, 0.2) is 0 Å². The van der Waals surface area contributed by atoms with Gasteiger partial charge in [-0.2, -0.15) is 13.2 Å². The van der Waals surface area contributed by atoms with Gasteiger partial charge in [0.2, 0.25) is 0 Å². The van der Waals surface area contributed by atoms with E-state index in [4.69, 9.17) is 0 Å². The van der Waals surface area contributed by atoms with Gasteiger partial charge in [-0.3, -0.25) is 4.79 Å². The van der Waals surface area contributed by atoms with Crippen molar-refractivity contribution in [2.45, 2.75) is 6.18 Å². The van der Waals surface area contributed by atoms with Crippen molar-refractivity contribution in [3.63, 3.8) is 0 Å². The van der Waals surface area contributed by atoms with E-state index < -0.39 is 23.5 Å². The normalized spacial score (nSPS) is 11.1. The molecule has 0 saturated heterocycles. The average molecular weight is 308 g/mol. The monoisotopic (exact) mass is 308 g/mol. The molecule has 0 heterocycles. The minimum Gasteiger partial charge on any atom is -0.465 e. The summed E-state index contributed by atoms with van der Waals surface area (Å²) >= 11 is 0. The van der Waals surface area contributed by atoms with Crippen LogP contribution in [0.15, 0.2) is 48.5 Å². The second kappa shape index (κ2) is 6.01. The Bertz CT molecular complexity index is 686. The summed E-state index contributed by atoms with van der Waals surface area (Å²) in [5, 5.41) is 0. The molecule has 2 aromatic carbocycles. The Morgan fingerprint density at radius 3 is 1.59 bits per heavy atom.